The maximum absolute atomic E-state index is 13.7. The number of esters is 4. The van der Waals surface area contributed by atoms with E-state index >= 15 is 0 Å². The summed E-state index contributed by atoms with van der Waals surface area (Å²) in [6.07, 6.45) is -8.48. The first-order chi connectivity index (χ1) is 32.4. The molecule has 7 atom stereocenters. The Morgan fingerprint density at radius 2 is 1.32 bits per heavy atom. The van der Waals surface area contributed by atoms with Gasteiger partial charge in [0.25, 0.3) is 0 Å². The Balaban J connectivity index is 1.36. The van der Waals surface area contributed by atoms with E-state index in [-0.39, 0.29) is 35.8 Å². The largest absolute Gasteiger partial charge is 0.467 e. The zero-order chi connectivity index (χ0) is 51.0. The molecule has 0 aromatic heterocycles. The van der Waals surface area contributed by atoms with Crippen molar-refractivity contribution in [3.05, 3.63) is 89.0 Å². The molecule has 18 heteroatoms. The fourth-order valence-corrected chi connectivity index (χ4v) is 8.62. The van der Waals surface area contributed by atoms with Gasteiger partial charge in [0, 0.05) is 37.9 Å². The molecule has 0 saturated carbocycles. The van der Waals surface area contributed by atoms with Crippen molar-refractivity contribution in [2.45, 2.75) is 136 Å². The van der Waals surface area contributed by atoms with E-state index in [9.17, 15) is 33.6 Å². The van der Waals surface area contributed by atoms with Crippen molar-refractivity contribution in [2.75, 3.05) is 19.0 Å². The first-order valence-corrected chi connectivity index (χ1v) is 25.6. The molecule has 0 radical (unpaired) electrons. The summed E-state index contributed by atoms with van der Waals surface area (Å²) in [4.78, 5) is 90.6. The molecule has 1 saturated heterocycles. The van der Waals surface area contributed by atoms with Gasteiger partial charge in [0.1, 0.15) is 18.7 Å². The monoisotopic (exact) mass is 969 g/mol. The predicted molar refractivity (Wildman–Crippen MR) is 256 cm³/mol. The first-order valence-electron chi connectivity index (χ1n) is 22.7. The van der Waals surface area contributed by atoms with Crippen LogP contribution in [0.3, 0.4) is 0 Å². The molecule has 370 valence electrons. The molecule has 2 aliphatic rings. The van der Waals surface area contributed by atoms with E-state index in [1.54, 1.807) is 32.0 Å². The fourth-order valence-electron chi connectivity index (χ4n) is 7.67. The normalized spacial score (nSPS) is 19.5. The number of hydrogen-bond acceptors (Lipinski definition) is 14. The molecular weight excluding hydrogens is 907 g/mol. The van der Waals surface area contributed by atoms with Gasteiger partial charge in [-0.05, 0) is 70.9 Å². The minimum Gasteiger partial charge on any atom is -0.467 e. The van der Waals surface area contributed by atoms with Gasteiger partial charge >= 0.3 is 30.0 Å². The molecule has 2 unspecified atom stereocenters. The van der Waals surface area contributed by atoms with E-state index in [0.29, 0.717) is 11.1 Å². The number of amides is 3. The Morgan fingerprint density at radius 1 is 0.754 bits per heavy atom. The van der Waals surface area contributed by atoms with Gasteiger partial charge in [-0.2, -0.15) is 0 Å². The number of nitrogens with one attached hydrogen (secondary N) is 3. The number of anilines is 1. The van der Waals surface area contributed by atoms with Crippen LogP contribution in [0, 0.1) is 17.8 Å². The molecule has 3 aromatic carbocycles. The van der Waals surface area contributed by atoms with Crippen molar-refractivity contribution in [1.82, 2.24) is 10.6 Å². The summed E-state index contributed by atoms with van der Waals surface area (Å²) in [5.41, 5.74) is 5.46. The molecule has 1 fully saturated rings. The van der Waals surface area contributed by atoms with Crippen LogP contribution in [0.4, 0.5) is 10.5 Å². The number of benzene rings is 3. The van der Waals surface area contributed by atoms with Gasteiger partial charge in [0.15, 0.2) is 38.8 Å². The zero-order valence-electron chi connectivity index (χ0n) is 41.2. The van der Waals surface area contributed by atoms with E-state index in [1.165, 1.54) is 6.92 Å². The Bertz CT molecular complexity index is 2440. The van der Waals surface area contributed by atoms with E-state index in [0.717, 1.165) is 50.1 Å². The fraction of sp³-hybridized carbons (Fsp3) is 0.471. The van der Waals surface area contributed by atoms with Gasteiger partial charge < -0.3 is 48.8 Å². The van der Waals surface area contributed by atoms with E-state index in [4.69, 9.17) is 32.8 Å². The second-order valence-corrected chi connectivity index (χ2v) is 23.6. The summed E-state index contributed by atoms with van der Waals surface area (Å²) in [7, 11) is -1.23. The van der Waals surface area contributed by atoms with Gasteiger partial charge in [-0.3, -0.25) is 24.0 Å². The SMILES string of the molecule is COC(=O)[C@H]1O[C@@H](C#Cc2cc(NC(=O)C(C)NC(=O)C(NC(=O)OCC3c4ccccc4-c4ccccc43)C(C)C)ccc2CO[Si](C)(C)C(C)(C)C)[C@H](OC(C)=O)[C@@H](OC(C)=O)[C@@H]1OC(C)=O. The van der Waals surface area contributed by atoms with Crippen LogP contribution in [0.15, 0.2) is 66.7 Å². The molecule has 1 aliphatic carbocycles. The third-order valence-corrected chi connectivity index (χ3v) is 16.8. The lowest BCUT2D eigenvalue weighted by Crippen LogP contribution is -2.63. The van der Waals surface area contributed by atoms with Crippen molar-refractivity contribution >= 4 is 55.8 Å². The number of fused-ring (bicyclic) bond motifs is 3. The maximum Gasteiger partial charge on any atom is 0.407 e. The lowest BCUT2D eigenvalue weighted by molar-refractivity contribution is -0.239. The third-order valence-electron chi connectivity index (χ3n) is 12.3. The van der Waals surface area contributed by atoms with Gasteiger partial charge in [-0.1, -0.05) is 101 Å². The average molecular weight is 970 g/mol. The standard InChI is InChI=1S/C51H63N3O14Si/c1-28(2)42(54-50(61)63-27-40-38-19-15-13-17-36(38)37-18-14-16-20-39(37)40)48(59)52-29(3)47(58)53-35-23-21-34(26-64-69(11,12)51(7,8)9)33(25-35)22-24-41-43(65-30(4)55)44(66-31(5)56)45(67-32(6)57)46(68-41)49(60)62-10/h13-21,23,25,28-29,40-46H,26-27H2,1-12H3,(H,52,59)(H,53,58)(H,54,61)/t29?,41-,42?,43-,44+,45-,46-/m0/s1. The minimum atomic E-state index is -2.32. The summed E-state index contributed by atoms with van der Waals surface area (Å²) >= 11 is 0. The van der Waals surface area contributed by atoms with E-state index in [2.05, 4.69) is 61.7 Å². The van der Waals surface area contributed by atoms with Crippen LogP contribution < -0.4 is 16.0 Å². The van der Waals surface area contributed by atoms with Crippen LogP contribution >= 0.6 is 0 Å². The Hall–Kier alpha value is -6.55. The van der Waals surface area contributed by atoms with Crippen LogP contribution in [0.2, 0.25) is 18.1 Å². The van der Waals surface area contributed by atoms with Gasteiger partial charge in [0.05, 0.1) is 13.7 Å². The number of ether oxygens (including phenoxy) is 6. The van der Waals surface area contributed by atoms with Crippen LogP contribution in [0.1, 0.15) is 90.5 Å². The highest BCUT2D eigenvalue weighted by atomic mass is 28.4. The van der Waals surface area contributed by atoms with E-state index < -0.39 is 92.7 Å². The number of methoxy groups -OCH3 is 1. The molecule has 17 nitrogen and oxygen atoms in total. The van der Waals surface area contributed by atoms with E-state index in [1.807, 2.05) is 48.5 Å². The third kappa shape index (κ3) is 13.4. The lowest BCUT2D eigenvalue weighted by Gasteiger charge is -2.42. The van der Waals surface area contributed by atoms with Gasteiger partial charge in [-0.15, -0.1) is 0 Å². The molecule has 69 heavy (non-hydrogen) atoms. The molecule has 1 heterocycles. The number of hydrogen-bond donors (Lipinski definition) is 3. The highest BCUT2D eigenvalue weighted by Gasteiger charge is 2.54. The Labute approximate surface area is 404 Å². The Morgan fingerprint density at radius 3 is 1.87 bits per heavy atom. The first kappa shape index (κ1) is 53.4. The molecule has 0 spiro atoms. The Kier molecular flexibility index (Phi) is 17.6. The highest BCUT2D eigenvalue weighted by molar-refractivity contribution is 6.74. The predicted octanol–water partition coefficient (Wildman–Crippen LogP) is 6.30. The van der Waals surface area contributed by atoms with Crippen LogP contribution in [0.25, 0.3) is 11.1 Å². The number of alkyl carbamates (subject to hydrolysis) is 1. The number of carbonyl (C=O) groups excluding carboxylic acids is 7. The van der Waals surface area contributed by atoms with Gasteiger partial charge in [0.2, 0.25) is 11.8 Å². The summed E-state index contributed by atoms with van der Waals surface area (Å²) in [6.45, 7) is 18.9. The smallest absolute Gasteiger partial charge is 0.407 e. The van der Waals surface area contributed by atoms with Crippen molar-refractivity contribution in [2.24, 2.45) is 5.92 Å². The zero-order valence-corrected chi connectivity index (χ0v) is 42.2. The number of carbonyl (C=O) groups is 7. The summed E-state index contributed by atoms with van der Waals surface area (Å²) < 4.78 is 39.6. The van der Waals surface area contributed by atoms with Crippen molar-refractivity contribution in [3.63, 3.8) is 0 Å². The average Bonchev–Trinajstić information content (AvgIpc) is 3.59. The molecule has 3 amide bonds. The van der Waals surface area contributed by atoms with Crippen molar-refractivity contribution in [3.8, 4) is 23.0 Å². The lowest BCUT2D eigenvalue weighted by atomic mass is 9.93. The minimum absolute atomic E-state index is 0.0541. The molecule has 3 N–H and O–H groups in total. The maximum atomic E-state index is 13.7. The second kappa shape index (κ2) is 22.7. The van der Waals surface area contributed by atoms with Crippen molar-refractivity contribution in [1.29, 1.82) is 0 Å². The van der Waals surface area contributed by atoms with Crippen LogP contribution in [-0.4, -0.2) is 106 Å². The number of rotatable bonds is 15. The topological polar surface area (TPSA) is 220 Å². The quantitative estimate of drug-likeness (QED) is 0.0659. The summed E-state index contributed by atoms with van der Waals surface area (Å²) in [5.74, 6) is 0.700. The highest BCUT2D eigenvalue weighted by Crippen LogP contribution is 2.44. The van der Waals surface area contributed by atoms with Gasteiger partial charge in [-0.25, -0.2) is 9.59 Å². The second-order valence-electron chi connectivity index (χ2n) is 18.8. The molecule has 3 aromatic rings. The molecule has 1 aliphatic heterocycles. The summed E-state index contributed by atoms with van der Waals surface area (Å²) in [6, 6.07) is 18.7. The van der Waals surface area contributed by atoms with Crippen LogP contribution in [0.5, 0.6) is 0 Å². The van der Waals surface area contributed by atoms with Crippen LogP contribution in [-0.2, 0) is 68.2 Å². The van der Waals surface area contributed by atoms with Crippen molar-refractivity contribution < 1.29 is 66.4 Å². The molecular formula is C51H63N3O14Si. The molecule has 5 rings (SSSR count). The molecule has 0 bridgehead atoms. The summed E-state index contributed by atoms with van der Waals surface area (Å²) in [5, 5.41) is 8.04.